The highest BCUT2D eigenvalue weighted by atomic mass is 32.2. The Morgan fingerprint density at radius 2 is 1.96 bits per heavy atom. The topological polar surface area (TPSA) is 114 Å². The third kappa shape index (κ3) is 5.66. The largest absolute Gasteiger partial charge is 0.357 e. The Morgan fingerprint density at radius 3 is 2.50 bits per heavy atom. The molecule has 6 nitrogen and oxygen atoms in total. The van der Waals surface area contributed by atoms with E-state index in [-0.39, 0.29) is 0 Å². The van der Waals surface area contributed by atoms with Crippen molar-refractivity contribution < 1.29 is 0 Å². The number of aromatic nitrogens is 2. The molecule has 0 saturated heterocycles. The molecule has 0 bridgehead atoms. The van der Waals surface area contributed by atoms with Gasteiger partial charge < -0.3 is 11.1 Å². The molecule has 24 heavy (non-hydrogen) atoms. The molecule has 0 amide bonds. The number of anilines is 1. The maximum atomic E-state index is 9.18. The van der Waals surface area contributed by atoms with Crippen molar-refractivity contribution in [3.63, 3.8) is 0 Å². The van der Waals surface area contributed by atoms with Gasteiger partial charge >= 0.3 is 0 Å². The fraction of sp³-hybridized carbons (Fsp3) is 0.235. The number of rotatable bonds is 4. The lowest BCUT2D eigenvalue weighted by Crippen LogP contribution is -2.06. The molecule has 2 rings (SSSR count). The molecule has 0 aliphatic rings. The van der Waals surface area contributed by atoms with Gasteiger partial charge in [-0.25, -0.2) is 9.97 Å². The molecule has 0 saturated carbocycles. The molecule has 0 aliphatic heterocycles. The first-order valence-corrected chi connectivity index (χ1v) is 8.18. The first-order valence-electron chi connectivity index (χ1n) is 7.30. The van der Waals surface area contributed by atoms with Crippen LogP contribution in [-0.2, 0) is 0 Å². The van der Waals surface area contributed by atoms with E-state index in [4.69, 9.17) is 10.9 Å². The van der Waals surface area contributed by atoms with E-state index in [0.29, 0.717) is 33.8 Å². The number of nitriles is 1. The fourth-order valence-corrected chi connectivity index (χ4v) is 1.93. The zero-order valence-corrected chi connectivity index (χ0v) is 14.9. The number of nitrogens with zero attached hydrogens (tertiary/aromatic N) is 3. The molecule has 0 unspecified atom stereocenters. The van der Waals surface area contributed by atoms with Gasteiger partial charge in [-0.05, 0) is 30.1 Å². The summed E-state index contributed by atoms with van der Waals surface area (Å²) in [6.07, 6.45) is 0. The van der Waals surface area contributed by atoms with Crippen molar-refractivity contribution in [1.29, 1.82) is 5.26 Å². The van der Waals surface area contributed by atoms with Crippen molar-refractivity contribution in [2.45, 2.75) is 19.9 Å². The second-order valence-electron chi connectivity index (χ2n) is 5.15. The number of benzene rings is 1. The van der Waals surface area contributed by atoms with Crippen LogP contribution in [0, 0.1) is 11.3 Å². The average molecular weight is 342 g/mol. The van der Waals surface area contributed by atoms with Gasteiger partial charge in [-0.2, -0.15) is 5.26 Å². The van der Waals surface area contributed by atoms with E-state index in [1.807, 2.05) is 32.0 Å². The zero-order chi connectivity index (χ0) is 18.1. The van der Waals surface area contributed by atoms with E-state index in [0.717, 1.165) is 17.5 Å². The van der Waals surface area contributed by atoms with Gasteiger partial charge in [-0.3, -0.25) is 5.14 Å². The Bertz CT molecular complexity index is 733. The molecule has 126 valence electrons. The smallest absolute Gasteiger partial charge is 0.223 e. The van der Waals surface area contributed by atoms with Crippen LogP contribution >= 0.6 is 11.9 Å². The first kappa shape index (κ1) is 19.6. The maximum absolute atomic E-state index is 9.18. The summed E-state index contributed by atoms with van der Waals surface area (Å²) >= 11 is 1.03. The highest BCUT2D eigenvalue weighted by Crippen LogP contribution is 2.27. The summed E-state index contributed by atoms with van der Waals surface area (Å²) in [6, 6.07) is 11.6. The van der Waals surface area contributed by atoms with Crippen LogP contribution in [0.25, 0.3) is 16.2 Å². The van der Waals surface area contributed by atoms with Crippen molar-refractivity contribution in [3.8, 4) is 17.3 Å². The Morgan fingerprint density at radius 1 is 1.33 bits per heavy atom. The monoisotopic (exact) mass is 342 g/mol. The van der Waals surface area contributed by atoms with Crippen molar-refractivity contribution in [1.82, 2.24) is 9.97 Å². The molecule has 0 atom stereocenters. The summed E-state index contributed by atoms with van der Waals surface area (Å²) in [7, 11) is 1.73. The summed E-state index contributed by atoms with van der Waals surface area (Å²) in [6.45, 7) is 7.74. The summed E-state index contributed by atoms with van der Waals surface area (Å²) in [4.78, 5) is 9.32. The minimum Gasteiger partial charge on any atom is -0.357 e. The van der Waals surface area contributed by atoms with Crippen LogP contribution < -0.4 is 16.2 Å². The lowest BCUT2D eigenvalue weighted by atomic mass is 10.0. The summed E-state index contributed by atoms with van der Waals surface area (Å²) in [5, 5.41) is 17.6. The van der Waals surface area contributed by atoms with Gasteiger partial charge in [0.15, 0.2) is 0 Å². The molecule has 0 aliphatic carbocycles. The lowest BCUT2D eigenvalue weighted by Gasteiger charge is -2.09. The van der Waals surface area contributed by atoms with Crippen LogP contribution in [0.1, 0.15) is 25.1 Å². The highest BCUT2D eigenvalue weighted by molar-refractivity contribution is 8.06. The Hall–Kier alpha value is -2.40. The maximum Gasteiger partial charge on any atom is 0.223 e. The SMILES string of the molecule is C=C(SN)c1cc(-c2ccccc2C#N)nc(NC)n1.CC(C)N. The van der Waals surface area contributed by atoms with Crippen molar-refractivity contribution in [2.24, 2.45) is 10.9 Å². The van der Waals surface area contributed by atoms with E-state index in [1.165, 1.54) is 0 Å². The number of hydrogen-bond acceptors (Lipinski definition) is 7. The van der Waals surface area contributed by atoms with Gasteiger partial charge in [0, 0.05) is 17.5 Å². The van der Waals surface area contributed by atoms with Gasteiger partial charge in [0.25, 0.3) is 0 Å². The molecule has 0 fully saturated rings. The van der Waals surface area contributed by atoms with Crippen LogP contribution in [-0.4, -0.2) is 23.1 Å². The van der Waals surface area contributed by atoms with E-state index in [1.54, 1.807) is 19.2 Å². The summed E-state index contributed by atoms with van der Waals surface area (Å²) in [5.74, 6) is 0.459. The second kappa shape index (κ2) is 9.67. The standard InChI is InChI=1S/C14H13N5S.C3H9N/c1-9(20-16)12-7-13(19-14(17-2)18-12)11-6-4-3-5-10(11)8-15;1-3(2)4/h3-7H,1,16H2,2H3,(H,17,18,19);3H,4H2,1-2H3. The van der Waals surface area contributed by atoms with Crippen molar-refractivity contribution in [3.05, 3.63) is 48.2 Å². The van der Waals surface area contributed by atoms with Crippen LogP contribution in [0.15, 0.2) is 36.9 Å². The molecule has 5 N–H and O–H groups in total. The van der Waals surface area contributed by atoms with E-state index in [9.17, 15) is 5.26 Å². The Kier molecular flexibility index (Phi) is 7.92. The third-order valence-electron chi connectivity index (χ3n) is 2.70. The predicted octanol–water partition coefficient (Wildman–Crippen LogP) is 2.99. The molecular weight excluding hydrogens is 320 g/mol. The molecule has 1 aromatic heterocycles. The number of nitrogens with one attached hydrogen (secondary N) is 1. The van der Waals surface area contributed by atoms with Gasteiger partial charge in [-0.15, -0.1) is 0 Å². The minimum atomic E-state index is 0.333. The van der Waals surface area contributed by atoms with Crippen LogP contribution in [0.5, 0.6) is 0 Å². The first-order chi connectivity index (χ1) is 11.4. The summed E-state index contributed by atoms with van der Waals surface area (Å²) < 4.78 is 0. The Labute approximate surface area is 147 Å². The molecule has 2 aromatic rings. The van der Waals surface area contributed by atoms with Crippen molar-refractivity contribution >= 4 is 22.8 Å². The lowest BCUT2D eigenvalue weighted by molar-refractivity contribution is 0.834. The van der Waals surface area contributed by atoms with Gasteiger partial charge in [-0.1, -0.05) is 38.6 Å². The molecule has 1 aromatic carbocycles. The van der Waals surface area contributed by atoms with E-state index in [2.05, 4.69) is 27.9 Å². The molecule has 1 heterocycles. The molecule has 0 spiro atoms. The van der Waals surface area contributed by atoms with E-state index >= 15 is 0 Å². The van der Waals surface area contributed by atoms with Crippen molar-refractivity contribution in [2.75, 3.05) is 12.4 Å². The predicted molar refractivity (Wildman–Crippen MR) is 102 cm³/mol. The quantitative estimate of drug-likeness (QED) is 0.732. The molecular formula is C17H22N6S. The molecule has 7 heteroatoms. The molecule has 0 radical (unpaired) electrons. The van der Waals surface area contributed by atoms with Crippen LogP contribution in [0.2, 0.25) is 0 Å². The van der Waals surface area contributed by atoms with Gasteiger partial charge in [0.2, 0.25) is 5.95 Å². The third-order valence-corrected chi connectivity index (χ3v) is 3.19. The second-order valence-corrected chi connectivity index (χ2v) is 5.88. The van der Waals surface area contributed by atoms with Crippen LogP contribution in [0.3, 0.4) is 0 Å². The van der Waals surface area contributed by atoms with Gasteiger partial charge in [0.1, 0.15) is 0 Å². The number of hydrogen-bond donors (Lipinski definition) is 3. The Balaban J connectivity index is 0.000000648. The minimum absolute atomic E-state index is 0.333. The fourth-order valence-electron chi connectivity index (χ4n) is 1.70. The highest BCUT2D eigenvalue weighted by Gasteiger charge is 2.11. The number of nitrogens with two attached hydrogens (primary N) is 2. The van der Waals surface area contributed by atoms with E-state index < -0.39 is 0 Å². The normalized spacial score (nSPS) is 9.71. The van der Waals surface area contributed by atoms with Gasteiger partial charge in [0.05, 0.1) is 23.0 Å². The average Bonchev–Trinajstić information content (AvgIpc) is 2.59. The summed E-state index contributed by atoms with van der Waals surface area (Å²) in [5.41, 5.74) is 7.72. The van der Waals surface area contributed by atoms with Crippen LogP contribution in [0.4, 0.5) is 5.95 Å². The zero-order valence-electron chi connectivity index (χ0n) is 14.1.